The lowest BCUT2D eigenvalue weighted by molar-refractivity contribution is 0.351. The third-order valence-corrected chi connectivity index (χ3v) is 6.00. The minimum absolute atomic E-state index is 0.836. The predicted octanol–water partition coefficient (Wildman–Crippen LogP) is 3.90. The van der Waals surface area contributed by atoms with Crippen molar-refractivity contribution in [1.82, 2.24) is 5.32 Å². The topological polar surface area (TPSA) is 12.0 Å². The Morgan fingerprint density at radius 1 is 1.18 bits per heavy atom. The molecule has 3 saturated carbocycles. The van der Waals surface area contributed by atoms with Crippen LogP contribution in [0.1, 0.15) is 54.9 Å². The fraction of sp³-hybridized carbons (Fsp3) is 0.733. The average Bonchev–Trinajstić information content (AvgIpc) is 2.80. The van der Waals surface area contributed by atoms with Crippen molar-refractivity contribution < 1.29 is 0 Å². The summed E-state index contributed by atoms with van der Waals surface area (Å²) in [5.41, 5.74) is 1.66. The number of thiophene rings is 1. The van der Waals surface area contributed by atoms with Gasteiger partial charge in [-0.15, -0.1) is 11.3 Å². The van der Waals surface area contributed by atoms with Crippen LogP contribution in [0.3, 0.4) is 0 Å². The first-order valence-corrected chi connectivity index (χ1v) is 8.08. The standard InChI is InChI=1S/C15H21NS/c1-2-12-7-10(1)8-14(12)16-9-15-13(5-6-17-15)11-3-4-11/h5-6,10-12,14,16H,1-4,7-9H2/t10-,12+,14+/m1/s1. The molecular weight excluding hydrogens is 226 g/mol. The Labute approximate surface area is 108 Å². The molecule has 0 radical (unpaired) electrons. The van der Waals surface area contributed by atoms with Crippen LogP contribution < -0.4 is 5.32 Å². The van der Waals surface area contributed by atoms with Gasteiger partial charge in [-0.3, -0.25) is 0 Å². The molecule has 0 aromatic carbocycles. The van der Waals surface area contributed by atoms with Crippen molar-refractivity contribution in [3.8, 4) is 0 Å². The van der Waals surface area contributed by atoms with Gasteiger partial charge in [0, 0.05) is 17.5 Å². The lowest BCUT2D eigenvalue weighted by Crippen LogP contribution is -2.33. The summed E-state index contributed by atoms with van der Waals surface area (Å²) < 4.78 is 0. The molecule has 3 aliphatic carbocycles. The first-order valence-electron chi connectivity index (χ1n) is 7.20. The average molecular weight is 247 g/mol. The number of nitrogens with one attached hydrogen (secondary N) is 1. The Hall–Kier alpha value is -0.340. The molecule has 3 atom stereocenters. The summed E-state index contributed by atoms with van der Waals surface area (Å²) >= 11 is 1.96. The van der Waals surface area contributed by atoms with Crippen LogP contribution in [0.5, 0.6) is 0 Å². The van der Waals surface area contributed by atoms with E-state index in [0.717, 1.165) is 30.3 Å². The molecule has 1 heterocycles. The second-order valence-corrected chi connectivity index (χ2v) is 7.24. The minimum atomic E-state index is 0.836. The van der Waals surface area contributed by atoms with E-state index in [1.807, 2.05) is 11.3 Å². The van der Waals surface area contributed by atoms with Crippen molar-refractivity contribution in [2.45, 2.75) is 57.0 Å². The van der Waals surface area contributed by atoms with Crippen LogP contribution in [0.2, 0.25) is 0 Å². The molecule has 2 heteroatoms. The molecule has 1 aromatic rings. The van der Waals surface area contributed by atoms with Gasteiger partial charge in [0.25, 0.3) is 0 Å². The fourth-order valence-corrected chi connectivity index (χ4v) is 4.89. The van der Waals surface area contributed by atoms with Crippen molar-refractivity contribution in [2.24, 2.45) is 11.8 Å². The predicted molar refractivity (Wildman–Crippen MR) is 72.4 cm³/mol. The van der Waals surface area contributed by atoms with E-state index >= 15 is 0 Å². The maximum absolute atomic E-state index is 3.85. The molecule has 0 aliphatic heterocycles. The molecule has 0 amide bonds. The summed E-state index contributed by atoms with van der Waals surface area (Å²) in [6.45, 7) is 1.14. The number of hydrogen-bond donors (Lipinski definition) is 1. The van der Waals surface area contributed by atoms with Crippen molar-refractivity contribution in [2.75, 3.05) is 0 Å². The van der Waals surface area contributed by atoms with Crippen LogP contribution in [0, 0.1) is 11.8 Å². The SMILES string of the molecule is c1cc(C2CC2)c(CN[C@H]2C[C@@H]3CC[C@H]2C3)s1. The molecule has 92 valence electrons. The van der Waals surface area contributed by atoms with E-state index in [4.69, 9.17) is 0 Å². The van der Waals surface area contributed by atoms with Crippen molar-refractivity contribution >= 4 is 11.3 Å². The van der Waals surface area contributed by atoms with Crippen LogP contribution in [0.4, 0.5) is 0 Å². The Bertz CT molecular complexity index is 407. The van der Waals surface area contributed by atoms with Gasteiger partial charge in [-0.25, -0.2) is 0 Å². The molecular formula is C15H21NS. The third kappa shape index (κ3) is 1.96. The lowest BCUT2D eigenvalue weighted by atomic mass is 9.95. The smallest absolute Gasteiger partial charge is 0.0305 e. The van der Waals surface area contributed by atoms with Crippen molar-refractivity contribution in [3.05, 3.63) is 21.9 Å². The minimum Gasteiger partial charge on any atom is -0.309 e. The highest BCUT2D eigenvalue weighted by atomic mass is 32.1. The highest BCUT2D eigenvalue weighted by molar-refractivity contribution is 7.10. The second kappa shape index (κ2) is 4.10. The summed E-state index contributed by atoms with van der Waals surface area (Å²) in [7, 11) is 0. The molecule has 0 saturated heterocycles. The van der Waals surface area contributed by atoms with Gasteiger partial charge >= 0.3 is 0 Å². The summed E-state index contributed by atoms with van der Waals surface area (Å²) in [5.74, 6) is 2.98. The monoisotopic (exact) mass is 247 g/mol. The van der Waals surface area contributed by atoms with E-state index in [0.29, 0.717) is 0 Å². The molecule has 4 rings (SSSR count). The summed E-state index contributed by atoms with van der Waals surface area (Å²) in [6, 6.07) is 3.20. The zero-order valence-corrected chi connectivity index (χ0v) is 11.1. The Balaban J connectivity index is 1.39. The Morgan fingerprint density at radius 3 is 2.82 bits per heavy atom. The van der Waals surface area contributed by atoms with Gasteiger partial charge in [0.1, 0.15) is 0 Å². The van der Waals surface area contributed by atoms with Gasteiger partial charge in [-0.2, -0.15) is 0 Å². The van der Waals surface area contributed by atoms with E-state index in [-0.39, 0.29) is 0 Å². The van der Waals surface area contributed by atoms with Crippen LogP contribution in [0.25, 0.3) is 0 Å². The van der Waals surface area contributed by atoms with E-state index in [2.05, 4.69) is 16.8 Å². The van der Waals surface area contributed by atoms with E-state index < -0.39 is 0 Å². The van der Waals surface area contributed by atoms with Gasteiger partial charge in [0.05, 0.1) is 0 Å². The lowest BCUT2D eigenvalue weighted by Gasteiger charge is -2.23. The van der Waals surface area contributed by atoms with E-state index in [9.17, 15) is 0 Å². The molecule has 0 unspecified atom stereocenters. The second-order valence-electron chi connectivity index (χ2n) is 6.24. The zero-order valence-electron chi connectivity index (χ0n) is 10.3. The maximum Gasteiger partial charge on any atom is 0.0305 e. The largest absolute Gasteiger partial charge is 0.309 e. The van der Waals surface area contributed by atoms with Gasteiger partial charge in [0.15, 0.2) is 0 Å². The number of rotatable bonds is 4. The number of fused-ring (bicyclic) bond motifs is 2. The Morgan fingerprint density at radius 2 is 2.12 bits per heavy atom. The van der Waals surface area contributed by atoms with E-state index in [1.54, 1.807) is 10.4 Å². The van der Waals surface area contributed by atoms with Crippen LogP contribution >= 0.6 is 11.3 Å². The van der Waals surface area contributed by atoms with Gasteiger partial charge in [0.2, 0.25) is 0 Å². The Kier molecular flexibility index (Phi) is 2.55. The molecule has 2 bridgehead atoms. The highest BCUT2D eigenvalue weighted by Crippen LogP contribution is 2.45. The van der Waals surface area contributed by atoms with E-state index in [1.165, 1.54) is 38.5 Å². The van der Waals surface area contributed by atoms with Crippen LogP contribution in [0.15, 0.2) is 11.4 Å². The zero-order chi connectivity index (χ0) is 11.2. The van der Waals surface area contributed by atoms with Gasteiger partial charge < -0.3 is 5.32 Å². The van der Waals surface area contributed by atoms with Crippen molar-refractivity contribution in [3.63, 3.8) is 0 Å². The number of hydrogen-bond acceptors (Lipinski definition) is 2. The summed E-state index contributed by atoms with van der Waals surface area (Å²) in [5, 5.41) is 6.13. The molecule has 17 heavy (non-hydrogen) atoms. The molecule has 1 aromatic heterocycles. The first-order chi connectivity index (χ1) is 8.40. The molecule has 1 N–H and O–H groups in total. The first kappa shape index (κ1) is 10.6. The maximum atomic E-state index is 3.85. The van der Waals surface area contributed by atoms with Gasteiger partial charge in [-0.05, 0) is 66.9 Å². The van der Waals surface area contributed by atoms with Crippen LogP contribution in [-0.4, -0.2) is 6.04 Å². The summed E-state index contributed by atoms with van der Waals surface area (Å²) in [6.07, 6.45) is 8.82. The highest BCUT2D eigenvalue weighted by Gasteiger charge is 2.39. The third-order valence-electron chi connectivity index (χ3n) is 5.06. The van der Waals surface area contributed by atoms with Gasteiger partial charge in [-0.1, -0.05) is 6.42 Å². The van der Waals surface area contributed by atoms with Crippen molar-refractivity contribution in [1.29, 1.82) is 0 Å². The summed E-state index contributed by atoms with van der Waals surface area (Å²) in [4.78, 5) is 1.62. The molecule has 0 spiro atoms. The quantitative estimate of drug-likeness (QED) is 0.851. The van der Waals surface area contributed by atoms with Crippen LogP contribution in [-0.2, 0) is 6.54 Å². The normalized spacial score (nSPS) is 35.6. The molecule has 1 nitrogen and oxygen atoms in total. The molecule has 3 aliphatic rings. The fourth-order valence-electron chi connectivity index (χ4n) is 3.97. The molecule has 3 fully saturated rings.